The Hall–Kier alpha value is -1.36. The maximum atomic E-state index is 11.5. The van der Waals surface area contributed by atoms with Crippen LogP contribution in [0.25, 0.3) is 0 Å². The molecule has 0 aliphatic heterocycles. The molecule has 1 aromatic heterocycles. The number of nitrogens with two attached hydrogens (primary N) is 1. The van der Waals surface area contributed by atoms with Crippen LogP contribution in [0.4, 0.5) is 0 Å². The van der Waals surface area contributed by atoms with Crippen molar-refractivity contribution in [1.29, 1.82) is 0 Å². The molecular weight excluding hydrogens is 194 g/mol. The highest BCUT2D eigenvalue weighted by Gasteiger charge is 2.02. The molecule has 5 nitrogen and oxygen atoms in total. The van der Waals surface area contributed by atoms with Gasteiger partial charge in [0, 0.05) is 32.0 Å². The van der Waals surface area contributed by atoms with E-state index in [4.69, 9.17) is 5.73 Å². The zero-order valence-electron chi connectivity index (χ0n) is 9.14. The average Bonchev–Trinajstić information content (AvgIpc) is 2.18. The summed E-state index contributed by atoms with van der Waals surface area (Å²) in [5, 5.41) is 0. The van der Waals surface area contributed by atoms with Crippen LogP contribution in [0.2, 0.25) is 0 Å². The molecule has 5 heteroatoms. The van der Waals surface area contributed by atoms with E-state index in [1.54, 1.807) is 19.4 Å². The highest BCUT2D eigenvalue weighted by atomic mass is 16.2. The van der Waals surface area contributed by atoms with Crippen LogP contribution in [0.15, 0.2) is 22.0 Å². The summed E-state index contributed by atoms with van der Waals surface area (Å²) in [6, 6.07) is 0.132. The lowest BCUT2D eigenvalue weighted by Crippen LogP contribution is -2.39. The van der Waals surface area contributed by atoms with Crippen LogP contribution in [0, 0.1) is 0 Å². The van der Waals surface area contributed by atoms with Crippen LogP contribution < -0.4 is 16.9 Å². The lowest BCUT2D eigenvalue weighted by atomic mass is 10.2. The zero-order chi connectivity index (χ0) is 11.4. The summed E-state index contributed by atoms with van der Waals surface area (Å²) < 4.78 is 2.72. The summed E-state index contributed by atoms with van der Waals surface area (Å²) in [4.78, 5) is 22.8. The summed E-state index contributed by atoms with van der Waals surface area (Å²) >= 11 is 0. The van der Waals surface area contributed by atoms with Crippen LogP contribution in [0.1, 0.15) is 19.8 Å². The summed E-state index contributed by atoms with van der Waals surface area (Å²) in [6.45, 7) is 2.48. The molecule has 15 heavy (non-hydrogen) atoms. The fourth-order valence-electron chi connectivity index (χ4n) is 1.35. The van der Waals surface area contributed by atoms with Crippen LogP contribution >= 0.6 is 0 Å². The Morgan fingerprint density at radius 3 is 2.60 bits per heavy atom. The Morgan fingerprint density at radius 2 is 2.00 bits per heavy atom. The second kappa shape index (κ2) is 4.93. The minimum absolute atomic E-state index is 0.132. The van der Waals surface area contributed by atoms with Gasteiger partial charge in [-0.05, 0) is 19.8 Å². The van der Waals surface area contributed by atoms with E-state index in [2.05, 4.69) is 0 Å². The van der Waals surface area contributed by atoms with E-state index >= 15 is 0 Å². The van der Waals surface area contributed by atoms with Gasteiger partial charge in [-0.2, -0.15) is 0 Å². The molecule has 0 saturated carbocycles. The summed E-state index contributed by atoms with van der Waals surface area (Å²) in [7, 11) is 1.57. The van der Waals surface area contributed by atoms with E-state index in [0.29, 0.717) is 6.54 Å². The van der Waals surface area contributed by atoms with Crippen molar-refractivity contribution < 1.29 is 0 Å². The fourth-order valence-corrected chi connectivity index (χ4v) is 1.35. The van der Waals surface area contributed by atoms with Gasteiger partial charge in [-0.15, -0.1) is 0 Å². The van der Waals surface area contributed by atoms with Gasteiger partial charge >= 0.3 is 11.1 Å². The molecule has 84 valence electrons. The molecule has 2 N–H and O–H groups in total. The topological polar surface area (TPSA) is 70.0 Å². The molecule has 1 heterocycles. The van der Waals surface area contributed by atoms with Crippen molar-refractivity contribution in [3.05, 3.63) is 33.1 Å². The van der Waals surface area contributed by atoms with Crippen molar-refractivity contribution in [2.24, 2.45) is 12.8 Å². The molecule has 1 atom stereocenters. The Bertz CT molecular complexity index is 431. The van der Waals surface area contributed by atoms with Crippen molar-refractivity contribution in [2.45, 2.75) is 32.4 Å². The first kappa shape index (κ1) is 11.7. The van der Waals surface area contributed by atoms with E-state index in [1.165, 1.54) is 9.13 Å². The van der Waals surface area contributed by atoms with Crippen LogP contribution in [0.5, 0.6) is 0 Å². The molecule has 1 unspecified atom stereocenters. The highest BCUT2D eigenvalue weighted by molar-refractivity contribution is 4.84. The van der Waals surface area contributed by atoms with Crippen molar-refractivity contribution >= 4 is 0 Å². The second-order valence-electron chi connectivity index (χ2n) is 3.83. The Kier molecular flexibility index (Phi) is 3.85. The van der Waals surface area contributed by atoms with Gasteiger partial charge in [0.2, 0.25) is 0 Å². The Morgan fingerprint density at radius 1 is 1.33 bits per heavy atom. The third-order valence-corrected chi connectivity index (χ3v) is 2.29. The standard InChI is InChI=1S/C10H17N3O2/c1-8(11)4-3-5-13-7-6-12(2)9(14)10(13)15/h6-8H,3-5,11H2,1-2H3. The molecule has 0 aliphatic carbocycles. The maximum absolute atomic E-state index is 11.5. The molecule has 0 fully saturated rings. The summed E-state index contributed by atoms with van der Waals surface area (Å²) in [6.07, 6.45) is 4.88. The molecule has 1 aromatic rings. The smallest absolute Gasteiger partial charge is 0.316 e. The van der Waals surface area contributed by atoms with Crippen molar-refractivity contribution in [2.75, 3.05) is 0 Å². The maximum Gasteiger partial charge on any atom is 0.316 e. The Labute approximate surface area is 88.1 Å². The molecule has 0 aromatic carbocycles. The molecule has 0 saturated heterocycles. The van der Waals surface area contributed by atoms with E-state index in [-0.39, 0.29) is 6.04 Å². The first-order chi connectivity index (χ1) is 7.02. The number of hydrogen-bond acceptors (Lipinski definition) is 3. The molecule has 0 amide bonds. The van der Waals surface area contributed by atoms with E-state index in [1.807, 2.05) is 6.92 Å². The number of aromatic nitrogens is 2. The van der Waals surface area contributed by atoms with Crippen molar-refractivity contribution in [3.63, 3.8) is 0 Å². The fraction of sp³-hybridized carbons (Fsp3) is 0.600. The van der Waals surface area contributed by atoms with E-state index < -0.39 is 11.1 Å². The van der Waals surface area contributed by atoms with Gasteiger partial charge in [0.05, 0.1) is 0 Å². The van der Waals surface area contributed by atoms with Gasteiger partial charge in [0.25, 0.3) is 0 Å². The first-order valence-corrected chi connectivity index (χ1v) is 5.04. The van der Waals surface area contributed by atoms with Crippen LogP contribution in [-0.2, 0) is 13.6 Å². The van der Waals surface area contributed by atoms with Gasteiger partial charge < -0.3 is 14.9 Å². The largest absolute Gasteiger partial charge is 0.328 e. The Balaban J connectivity index is 2.75. The molecule has 0 spiro atoms. The lowest BCUT2D eigenvalue weighted by Gasteiger charge is -2.07. The number of rotatable bonds is 4. The predicted octanol–water partition coefficient (Wildman–Crippen LogP) is -0.326. The van der Waals surface area contributed by atoms with Gasteiger partial charge in [0.15, 0.2) is 0 Å². The van der Waals surface area contributed by atoms with Crippen LogP contribution in [-0.4, -0.2) is 15.2 Å². The van der Waals surface area contributed by atoms with E-state index in [9.17, 15) is 9.59 Å². The molecule has 0 radical (unpaired) electrons. The number of hydrogen-bond donors (Lipinski definition) is 1. The SMILES string of the molecule is CC(N)CCCn1ccn(C)c(=O)c1=O. The molecule has 1 rings (SSSR count). The van der Waals surface area contributed by atoms with Gasteiger partial charge in [0.1, 0.15) is 0 Å². The molecule has 0 aliphatic rings. The van der Waals surface area contributed by atoms with Gasteiger partial charge in [-0.25, -0.2) is 0 Å². The number of aryl methyl sites for hydroxylation is 2. The third kappa shape index (κ3) is 3.06. The number of nitrogens with zero attached hydrogens (tertiary/aromatic N) is 2. The normalized spacial score (nSPS) is 12.7. The summed E-state index contributed by atoms with van der Waals surface area (Å²) in [5.41, 5.74) is 4.64. The minimum atomic E-state index is -0.488. The minimum Gasteiger partial charge on any atom is -0.328 e. The zero-order valence-corrected chi connectivity index (χ0v) is 9.14. The summed E-state index contributed by atoms with van der Waals surface area (Å²) in [5.74, 6) is 0. The van der Waals surface area contributed by atoms with Crippen molar-refractivity contribution in [1.82, 2.24) is 9.13 Å². The first-order valence-electron chi connectivity index (χ1n) is 5.04. The lowest BCUT2D eigenvalue weighted by molar-refractivity contribution is 0.539. The average molecular weight is 211 g/mol. The van der Waals surface area contributed by atoms with E-state index in [0.717, 1.165) is 12.8 Å². The molecule has 0 bridgehead atoms. The third-order valence-electron chi connectivity index (χ3n) is 2.29. The predicted molar refractivity (Wildman–Crippen MR) is 58.8 cm³/mol. The quantitative estimate of drug-likeness (QED) is 0.693. The van der Waals surface area contributed by atoms with Crippen molar-refractivity contribution in [3.8, 4) is 0 Å². The highest BCUT2D eigenvalue weighted by Crippen LogP contribution is 1.95. The van der Waals surface area contributed by atoms with Gasteiger partial charge in [-0.1, -0.05) is 0 Å². The van der Waals surface area contributed by atoms with Gasteiger partial charge in [-0.3, -0.25) is 9.59 Å². The van der Waals surface area contributed by atoms with Crippen LogP contribution in [0.3, 0.4) is 0 Å². The second-order valence-corrected chi connectivity index (χ2v) is 3.83. The monoisotopic (exact) mass is 211 g/mol. The molecular formula is C10H17N3O2.